The Bertz CT molecular complexity index is 891. The highest BCUT2D eigenvalue weighted by Crippen LogP contribution is 2.19. The van der Waals surface area contributed by atoms with Crippen LogP contribution in [0.2, 0.25) is 0 Å². The van der Waals surface area contributed by atoms with Gasteiger partial charge in [0.15, 0.2) is 17.5 Å². The molecule has 30 heavy (non-hydrogen) atoms. The van der Waals surface area contributed by atoms with Gasteiger partial charge in [-0.2, -0.15) is 0 Å². The molecule has 0 aliphatic heterocycles. The Hall–Kier alpha value is -2.94. The third-order valence-corrected chi connectivity index (χ3v) is 4.33. The largest absolute Gasteiger partial charge is 0.340 e. The lowest BCUT2D eigenvalue weighted by molar-refractivity contribution is -0.132. The van der Waals surface area contributed by atoms with Gasteiger partial charge < -0.3 is 10.2 Å². The molecule has 0 heterocycles. The number of hydrogen-bond donors (Lipinski definition) is 1. The number of carbonyl (C=O) groups is 2. The lowest BCUT2D eigenvalue weighted by Gasteiger charge is -2.24. The van der Waals surface area contributed by atoms with E-state index in [0.717, 1.165) is 11.6 Å². The quantitative estimate of drug-likeness (QED) is 0.494. The molecule has 2 aromatic carbocycles. The van der Waals surface area contributed by atoms with Crippen molar-refractivity contribution < 1.29 is 27.2 Å². The number of nitrogens with zero attached hydrogens (tertiary/aromatic N) is 2. The molecular weight excluding hydrogens is 402 g/mol. The zero-order valence-corrected chi connectivity index (χ0v) is 16.7. The van der Waals surface area contributed by atoms with Gasteiger partial charge >= 0.3 is 0 Å². The molecule has 0 atom stereocenters. The van der Waals surface area contributed by atoms with E-state index in [1.54, 1.807) is 24.1 Å². The van der Waals surface area contributed by atoms with Crippen molar-refractivity contribution in [1.82, 2.24) is 9.80 Å². The van der Waals surface area contributed by atoms with Crippen LogP contribution in [0.15, 0.2) is 36.4 Å². The molecule has 0 spiro atoms. The Morgan fingerprint density at radius 1 is 0.933 bits per heavy atom. The van der Waals surface area contributed by atoms with Crippen molar-refractivity contribution in [3.63, 3.8) is 0 Å². The average Bonchev–Trinajstić information content (AvgIpc) is 2.70. The van der Waals surface area contributed by atoms with E-state index in [9.17, 15) is 27.2 Å². The topological polar surface area (TPSA) is 52.7 Å². The predicted molar refractivity (Wildman–Crippen MR) is 105 cm³/mol. The smallest absolute Gasteiger partial charge is 0.238 e. The second-order valence-corrected chi connectivity index (χ2v) is 6.86. The van der Waals surface area contributed by atoms with E-state index in [4.69, 9.17) is 0 Å². The van der Waals surface area contributed by atoms with Gasteiger partial charge in [0.2, 0.25) is 11.8 Å². The van der Waals surface area contributed by atoms with Crippen LogP contribution in [0.1, 0.15) is 18.9 Å². The highest BCUT2D eigenvalue weighted by Gasteiger charge is 2.19. The zero-order valence-electron chi connectivity index (χ0n) is 16.7. The molecule has 0 unspecified atom stereocenters. The third-order valence-electron chi connectivity index (χ3n) is 4.33. The summed E-state index contributed by atoms with van der Waals surface area (Å²) in [5.74, 6) is -5.81. The first-order valence-electron chi connectivity index (χ1n) is 9.35. The Morgan fingerprint density at radius 3 is 2.23 bits per heavy atom. The van der Waals surface area contributed by atoms with Gasteiger partial charge in [-0.25, -0.2) is 17.6 Å². The van der Waals surface area contributed by atoms with E-state index >= 15 is 0 Å². The van der Waals surface area contributed by atoms with Crippen LogP contribution in [0.4, 0.5) is 23.2 Å². The fourth-order valence-electron chi connectivity index (χ4n) is 2.81. The normalized spacial score (nSPS) is 10.9. The van der Waals surface area contributed by atoms with Crippen LogP contribution in [0, 0.1) is 23.3 Å². The lowest BCUT2D eigenvalue weighted by atomic mass is 10.2. The van der Waals surface area contributed by atoms with Crippen molar-refractivity contribution in [3.8, 4) is 0 Å². The molecule has 5 nitrogen and oxygen atoms in total. The second-order valence-electron chi connectivity index (χ2n) is 6.86. The highest BCUT2D eigenvalue weighted by molar-refractivity contribution is 5.92. The van der Waals surface area contributed by atoms with Crippen molar-refractivity contribution >= 4 is 17.5 Å². The molecule has 2 rings (SSSR count). The minimum Gasteiger partial charge on any atom is -0.340 e. The van der Waals surface area contributed by atoms with Crippen LogP contribution in [0.25, 0.3) is 0 Å². The van der Waals surface area contributed by atoms with Crippen LogP contribution in [-0.4, -0.2) is 48.3 Å². The summed E-state index contributed by atoms with van der Waals surface area (Å²) in [5, 5.41) is 2.19. The monoisotopic (exact) mass is 425 g/mol. The van der Waals surface area contributed by atoms with E-state index in [0.29, 0.717) is 19.0 Å². The first kappa shape index (κ1) is 23.3. The summed E-state index contributed by atoms with van der Waals surface area (Å²) in [6, 6.07) is 7.40. The zero-order chi connectivity index (χ0) is 22.3. The summed E-state index contributed by atoms with van der Waals surface area (Å²) in [6.45, 7) is 2.25. The van der Waals surface area contributed by atoms with Crippen LogP contribution in [0.5, 0.6) is 0 Å². The van der Waals surface area contributed by atoms with Gasteiger partial charge in [0.05, 0.1) is 18.8 Å². The highest BCUT2D eigenvalue weighted by atomic mass is 19.2. The van der Waals surface area contributed by atoms with Crippen molar-refractivity contribution in [3.05, 3.63) is 65.2 Å². The van der Waals surface area contributed by atoms with Crippen LogP contribution >= 0.6 is 0 Å². The summed E-state index contributed by atoms with van der Waals surface area (Å²) in [5.41, 5.74) is 0.274. The maximum atomic E-state index is 13.7. The SMILES string of the molecule is CCCN(CC(=O)Nc1ccc(F)c(F)c1F)CC(=O)N(C)Cc1ccc(F)cc1. The minimum absolute atomic E-state index is 0.0702. The first-order chi connectivity index (χ1) is 14.2. The number of amides is 2. The molecule has 162 valence electrons. The molecule has 0 aliphatic rings. The van der Waals surface area contributed by atoms with E-state index in [2.05, 4.69) is 5.32 Å². The standard InChI is InChI=1S/C21H23F4N3O2/c1-3-10-28(12-18(29)26-17-9-8-16(23)20(24)21(17)25)13-19(30)27(2)11-14-4-6-15(22)7-5-14/h4-9H,3,10-13H2,1-2H3,(H,26,29). The number of nitrogens with one attached hydrogen (secondary N) is 1. The fourth-order valence-corrected chi connectivity index (χ4v) is 2.81. The average molecular weight is 425 g/mol. The summed E-state index contributed by atoms with van der Waals surface area (Å²) < 4.78 is 53.0. The molecule has 2 aromatic rings. The van der Waals surface area contributed by atoms with Gasteiger partial charge in [-0.3, -0.25) is 14.5 Å². The van der Waals surface area contributed by atoms with Gasteiger partial charge in [0, 0.05) is 13.6 Å². The summed E-state index contributed by atoms with van der Waals surface area (Å²) in [7, 11) is 1.59. The fraction of sp³-hybridized carbons (Fsp3) is 0.333. The van der Waals surface area contributed by atoms with E-state index < -0.39 is 29.0 Å². The Balaban J connectivity index is 1.95. The predicted octanol–water partition coefficient (Wildman–Crippen LogP) is 3.55. The van der Waals surface area contributed by atoms with Crippen molar-refractivity contribution in [2.45, 2.75) is 19.9 Å². The molecule has 0 saturated carbocycles. The first-order valence-corrected chi connectivity index (χ1v) is 9.35. The Kier molecular flexibility index (Phi) is 8.35. The molecule has 0 aromatic heterocycles. The van der Waals surface area contributed by atoms with Crippen LogP contribution < -0.4 is 5.32 Å². The van der Waals surface area contributed by atoms with Gasteiger partial charge in [-0.1, -0.05) is 19.1 Å². The maximum absolute atomic E-state index is 13.7. The van der Waals surface area contributed by atoms with E-state index in [-0.39, 0.29) is 31.4 Å². The molecule has 9 heteroatoms. The molecule has 0 saturated heterocycles. The molecule has 2 amide bonds. The summed E-state index contributed by atoms with van der Waals surface area (Å²) in [4.78, 5) is 27.7. The number of carbonyl (C=O) groups excluding carboxylic acids is 2. The molecule has 0 bridgehead atoms. The maximum Gasteiger partial charge on any atom is 0.238 e. The number of rotatable bonds is 9. The number of benzene rings is 2. The van der Waals surface area contributed by atoms with Gasteiger partial charge in [-0.05, 0) is 42.8 Å². The minimum atomic E-state index is -1.67. The van der Waals surface area contributed by atoms with Crippen molar-refractivity contribution in [2.24, 2.45) is 0 Å². The van der Waals surface area contributed by atoms with E-state index in [1.807, 2.05) is 6.92 Å². The molecule has 0 fully saturated rings. The van der Waals surface area contributed by atoms with Crippen molar-refractivity contribution in [1.29, 1.82) is 0 Å². The van der Waals surface area contributed by atoms with Crippen molar-refractivity contribution in [2.75, 3.05) is 32.0 Å². The molecule has 0 radical (unpaired) electrons. The third kappa shape index (κ3) is 6.55. The summed E-state index contributed by atoms with van der Waals surface area (Å²) >= 11 is 0. The molecule has 1 N–H and O–H groups in total. The Labute approximate surface area is 172 Å². The van der Waals surface area contributed by atoms with E-state index in [1.165, 1.54) is 17.0 Å². The van der Waals surface area contributed by atoms with Gasteiger partial charge in [0.25, 0.3) is 0 Å². The number of anilines is 1. The molecular formula is C21H23F4N3O2. The lowest BCUT2D eigenvalue weighted by Crippen LogP contribution is -2.42. The van der Waals surface area contributed by atoms with Gasteiger partial charge in [-0.15, -0.1) is 0 Å². The Morgan fingerprint density at radius 2 is 1.60 bits per heavy atom. The number of hydrogen-bond acceptors (Lipinski definition) is 3. The van der Waals surface area contributed by atoms with Crippen LogP contribution in [0.3, 0.4) is 0 Å². The number of likely N-dealkylation sites (N-methyl/N-ethyl adjacent to an activating group) is 1. The van der Waals surface area contributed by atoms with Gasteiger partial charge in [0.1, 0.15) is 5.82 Å². The second kappa shape index (κ2) is 10.7. The van der Waals surface area contributed by atoms with Crippen LogP contribution in [-0.2, 0) is 16.1 Å². The molecule has 0 aliphatic carbocycles. The number of halogens is 4. The summed E-state index contributed by atoms with van der Waals surface area (Å²) in [6.07, 6.45) is 0.655.